The molecule has 6 heteroatoms. The van der Waals surface area contributed by atoms with Gasteiger partial charge in [-0.05, 0) is 55.7 Å². The van der Waals surface area contributed by atoms with Crippen molar-refractivity contribution in [1.29, 1.82) is 0 Å². The summed E-state index contributed by atoms with van der Waals surface area (Å²) in [5.41, 5.74) is 8.54. The average Bonchev–Trinajstić information content (AvgIpc) is 3.92. The van der Waals surface area contributed by atoms with Gasteiger partial charge in [-0.15, -0.1) is 34.6 Å². The molecule has 1 unspecified atom stereocenters. The zero-order chi connectivity index (χ0) is 37.0. The summed E-state index contributed by atoms with van der Waals surface area (Å²) >= 11 is 0. The van der Waals surface area contributed by atoms with Crippen molar-refractivity contribution in [1.82, 2.24) is 9.47 Å². The fourth-order valence-corrected chi connectivity index (χ4v) is 7.84. The molecule has 3 aliphatic rings. The van der Waals surface area contributed by atoms with Gasteiger partial charge in [-0.1, -0.05) is 84.6 Å². The Bertz CT molecular complexity index is 2650. The summed E-state index contributed by atoms with van der Waals surface area (Å²) < 4.78 is 51.2. The second-order valence-corrected chi connectivity index (χ2v) is 12.3. The topological polar surface area (TPSA) is 17.9 Å². The predicted molar refractivity (Wildman–Crippen MR) is 195 cm³/mol. The van der Waals surface area contributed by atoms with E-state index in [2.05, 4.69) is 83.4 Å². The number of benzene rings is 6. The van der Waals surface area contributed by atoms with Crippen LogP contribution in [-0.4, -0.2) is 23.4 Å². The molecule has 0 saturated heterocycles. The Morgan fingerprint density at radius 2 is 1.43 bits per heavy atom. The van der Waals surface area contributed by atoms with Gasteiger partial charge < -0.3 is 24.2 Å². The van der Waals surface area contributed by atoms with Crippen LogP contribution < -0.4 is 14.7 Å². The molecule has 0 spiro atoms. The molecule has 0 bridgehead atoms. The molecule has 1 atom stereocenters. The maximum atomic E-state index is 8.30. The molecule has 0 radical (unpaired) electrons. The van der Waals surface area contributed by atoms with Crippen LogP contribution in [-0.2, 0) is 26.5 Å². The van der Waals surface area contributed by atoms with E-state index in [1.165, 1.54) is 9.80 Å². The Morgan fingerprint density at radius 3 is 2.29 bits per heavy atom. The van der Waals surface area contributed by atoms with Crippen molar-refractivity contribution in [2.75, 3.05) is 28.7 Å². The quantitative estimate of drug-likeness (QED) is 0.165. The number of aromatic nitrogens is 1. The number of hydrogen-bond acceptors (Lipinski definition) is 4. The van der Waals surface area contributed by atoms with Gasteiger partial charge in [0, 0.05) is 46.8 Å². The van der Waals surface area contributed by atoms with E-state index in [4.69, 9.17) is 8.22 Å². The fourth-order valence-electron chi connectivity index (χ4n) is 7.84. The van der Waals surface area contributed by atoms with Crippen molar-refractivity contribution in [2.24, 2.45) is 0 Å². The molecule has 4 heterocycles. The normalized spacial score (nSPS) is 19.8. The van der Waals surface area contributed by atoms with E-state index in [9.17, 15) is 0 Å². The molecule has 238 valence electrons. The molecule has 3 aliphatic heterocycles. The van der Waals surface area contributed by atoms with E-state index in [1.807, 2.05) is 65.6 Å². The zero-order valence-corrected chi connectivity index (χ0v) is 28.3. The third-order valence-corrected chi connectivity index (χ3v) is 9.82. The van der Waals surface area contributed by atoms with Crippen molar-refractivity contribution in [2.45, 2.75) is 5.41 Å². The molecule has 0 saturated carbocycles. The van der Waals surface area contributed by atoms with Crippen LogP contribution in [0.2, 0.25) is 0 Å². The molecule has 7 aromatic rings. The maximum Gasteiger partial charge on any atom is 4.00 e. The Kier molecular flexibility index (Phi) is 5.45. The standard InChI is InChI=1S/C43H31N5.Pt/c1-44-24-25-46(28-44)32-22-23-39-37(27-32)43(30-12-4-3-5-13-30,36-18-11-17-35-34-16-6-7-19-38(34)48(39)42(35)36)31-14-10-15-33(26-31)47-29-45(2)40-20-8-9-21-41(40)47;/h3-25,28-29H,1-2H3;/q-4;+4/i1D3,2D3;. The number of fused-ring (bicyclic) bond motifs is 6. The molecule has 0 aliphatic carbocycles. The van der Waals surface area contributed by atoms with Crippen molar-refractivity contribution in [3.8, 4) is 5.69 Å². The molecular weight excluding hydrogens is 782 g/mol. The minimum absolute atomic E-state index is 0. The van der Waals surface area contributed by atoms with Gasteiger partial charge in [0.05, 0.1) is 0 Å². The van der Waals surface area contributed by atoms with Gasteiger partial charge >= 0.3 is 21.1 Å². The van der Waals surface area contributed by atoms with Crippen LogP contribution in [0.25, 0.3) is 27.5 Å². The zero-order valence-electron chi connectivity index (χ0n) is 32.0. The molecule has 10 rings (SSSR count). The molecule has 5 nitrogen and oxygen atoms in total. The molecule has 6 aromatic carbocycles. The predicted octanol–water partition coefficient (Wildman–Crippen LogP) is 9.13. The van der Waals surface area contributed by atoms with E-state index in [-0.39, 0.29) is 21.1 Å². The SMILES string of the molecule is [2H]C([2H])([2H])N1C=CN(c2[c-]c3c(cc2)-n2c4ccccc4c4cccc(c42)C3(c2[c-]c(N3[CH-]N(C([2H])([2H])[2H])c4ccccc43)ccc2)c2ccccc2)[CH-]1.[Pt+4]. The van der Waals surface area contributed by atoms with Crippen LogP contribution in [0.15, 0.2) is 140 Å². The summed E-state index contributed by atoms with van der Waals surface area (Å²) in [6.45, 7) is -1.52. The molecule has 0 fully saturated rings. The first-order chi connectivity index (χ1) is 26.0. The Hall–Kier alpha value is -5.25. The molecule has 1 aromatic heterocycles. The second-order valence-electron chi connectivity index (χ2n) is 12.3. The molecule has 49 heavy (non-hydrogen) atoms. The minimum Gasteiger partial charge on any atom is -0.510 e. The van der Waals surface area contributed by atoms with Gasteiger partial charge in [-0.3, -0.25) is 0 Å². The van der Waals surface area contributed by atoms with Gasteiger partial charge in [0.25, 0.3) is 0 Å². The van der Waals surface area contributed by atoms with Gasteiger partial charge in [-0.2, -0.15) is 43.7 Å². The average molecular weight is 819 g/mol. The van der Waals surface area contributed by atoms with E-state index in [0.29, 0.717) is 17.1 Å². The van der Waals surface area contributed by atoms with E-state index in [1.54, 1.807) is 30.6 Å². The number of hydrogen-bond donors (Lipinski definition) is 0. The molecule has 0 amide bonds. The van der Waals surface area contributed by atoms with Crippen LogP contribution in [0.5, 0.6) is 0 Å². The summed E-state index contributed by atoms with van der Waals surface area (Å²) in [5, 5.41) is 2.25. The van der Waals surface area contributed by atoms with Crippen molar-refractivity contribution >= 4 is 44.6 Å². The largest absolute Gasteiger partial charge is 4.00 e. The Labute approximate surface area is 309 Å². The summed E-state index contributed by atoms with van der Waals surface area (Å²) in [6, 6.07) is 50.5. The molecule has 0 N–H and O–H groups in total. The first-order valence-corrected chi connectivity index (χ1v) is 15.9. The summed E-state index contributed by atoms with van der Waals surface area (Å²) in [6.07, 6.45) is 3.28. The maximum absolute atomic E-state index is 8.30. The van der Waals surface area contributed by atoms with Crippen LogP contribution in [0.3, 0.4) is 0 Å². The van der Waals surface area contributed by atoms with E-state index >= 15 is 0 Å². The first kappa shape index (κ1) is 24.0. The van der Waals surface area contributed by atoms with Crippen LogP contribution in [0.4, 0.5) is 22.7 Å². The van der Waals surface area contributed by atoms with Crippen LogP contribution in [0.1, 0.15) is 30.5 Å². The van der Waals surface area contributed by atoms with Crippen LogP contribution in [0, 0.1) is 25.5 Å². The van der Waals surface area contributed by atoms with Crippen LogP contribution >= 0.6 is 0 Å². The van der Waals surface area contributed by atoms with E-state index < -0.39 is 19.4 Å². The Morgan fingerprint density at radius 1 is 0.633 bits per heavy atom. The van der Waals surface area contributed by atoms with E-state index in [0.717, 1.165) is 55.4 Å². The minimum atomic E-state index is -2.39. The molecular formula is C43H31N5Pt. The monoisotopic (exact) mass is 818 g/mol. The third kappa shape index (κ3) is 4.15. The summed E-state index contributed by atoms with van der Waals surface area (Å²) in [7, 11) is 0. The smallest absolute Gasteiger partial charge is 0.510 e. The van der Waals surface area contributed by atoms with Gasteiger partial charge in [0.1, 0.15) is 0 Å². The fraction of sp³-hybridized carbons (Fsp3) is 0.0698. The number of para-hydroxylation sites is 4. The number of anilines is 4. The summed E-state index contributed by atoms with van der Waals surface area (Å²) in [4.78, 5) is 6.21. The first-order valence-electron chi connectivity index (χ1n) is 18.9. The van der Waals surface area contributed by atoms with Gasteiger partial charge in [-0.25, -0.2) is 0 Å². The van der Waals surface area contributed by atoms with Crippen molar-refractivity contribution < 1.29 is 29.3 Å². The third-order valence-electron chi connectivity index (χ3n) is 9.82. The van der Waals surface area contributed by atoms with Gasteiger partial charge in [0.15, 0.2) is 0 Å². The number of rotatable bonds is 4. The Balaban J connectivity index is 0.00000397. The second kappa shape index (κ2) is 11.1. The van der Waals surface area contributed by atoms with Crippen molar-refractivity contribution in [3.05, 3.63) is 188 Å². The number of nitrogens with zero attached hydrogens (tertiary/aromatic N) is 5. The van der Waals surface area contributed by atoms with Gasteiger partial charge in [0.2, 0.25) is 0 Å². The summed E-state index contributed by atoms with van der Waals surface area (Å²) in [5.74, 6) is 0. The van der Waals surface area contributed by atoms with Crippen molar-refractivity contribution in [3.63, 3.8) is 0 Å².